The molecule has 1 amide bonds. The van der Waals surface area contributed by atoms with E-state index in [1.807, 2.05) is 25.1 Å². The van der Waals surface area contributed by atoms with Crippen molar-refractivity contribution in [3.05, 3.63) is 71.3 Å². The Morgan fingerprint density at radius 1 is 1.15 bits per heavy atom. The molecule has 0 aliphatic rings. The van der Waals surface area contributed by atoms with Gasteiger partial charge in [0.05, 0.1) is 5.69 Å². The van der Waals surface area contributed by atoms with E-state index in [4.69, 9.17) is 0 Å². The van der Waals surface area contributed by atoms with E-state index >= 15 is 0 Å². The van der Waals surface area contributed by atoms with Crippen LogP contribution in [-0.4, -0.2) is 26.1 Å². The van der Waals surface area contributed by atoms with Gasteiger partial charge in [-0.2, -0.15) is 4.68 Å². The summed E-state index contributed by atoms with van der Waals surface area (Å²) >= 11 is 0. The van der Waals surface area contributed by atoms with Crippen molar-refractivity contribution in [3.8, 4) is 5.69 Å². The lowest BCUT2D eigenvalue weighted by molar-refractivity contribution is -0.111. The molecule has 3 rings (SSSR count). The molecule has 3 aromatic rings. The van der Waals surface area contributed by atoms with Crippen LogP contribution < -0.4 is 5.32 Å². The number of aromatic nitrogens is 4. The van der Waals surface area contributed by atoms with Crippen LogP contribution in [0.1, 0.15) is 23.9 Å². The van der Waals surface area contributed by atoms with Crippen LogP contribution in [0.4, 0.5) is 10.1 Å². The van der Waals surface area contributed by atoms with Gasteiger partial charge in [0.25, 0.3) is 0 Å². The molecule has 0 atom stereocenters. The SMILES string of the molecule is C/C(=C/C(=O)Nc1ccc(C)c(-n2nnnc2C)c1)c1ccc(F)cc1. The Bertz CT molecular complexity index is 976. The van der Waals surface area contributed by atoms with Crippen molar-refractivity contribution in [2.75, 3.05) is 5.32 Å². The Hall–Kier alpha value is -3.35. The van der Waals surface area contributed by atoms with Crippen molar-refractivity contribution in [1.82, 2.24) is 20.2 Å². The standard InChI is InChI=1S/C19H18FN5O/c1-12-4-9-17(11-18(12)25-14(3)22-23-24-25)21-19(26)10-13(2)15-5-7-16(20)8-6-15/h4-11H,1-3H3,(H,21,26)/b13-10-. The van der Waals surface area contributed by atoms with E-state index in [1.165, 1.54) is 18.2 Å². The molecule has 2 aromatic carbocycles. The molecular weight excluding hydrogens is 333 g/mol. The topological polar surface area (TPSA) is 72.7 Å². The lowest BCUT2D eigenvalue weighted by Gasteiger charge is -2.10. The van der Waals surface area contributed by atoms with Crippen molar-refractivity contribution >= 4 is 17.2 Å². The molecule has 0 fully saturated rings. The van der Waals surface area contributed by atoms with Gasteiger partial charge in [0.1, 0.15) is 5.82 Å². The van der Waals surface area contributed by atoms with Crippen LogP contribution in [-0.2, 0) is 4.79 Å². The maximum atomic E-state index is 13.0. The highest BCUT2D eigenvalue weighted by Crippen LogP contribution is 2.20. The molecule has 0 saturated heterocycles. The summed E-state index contributed by atoms with van der Waals surface area (Å²) in [6.45, 7) is 5.55. The van der Waals surface area contributed by atoms with Gasteiger partial charge in [0.15, 0.2) is 5.82 Å². The van der Waals surface area contributed by atoms with Crippen LogP contribution in [0.15, 0.2) is 48.5 Å². The first kappa shape index (κ1) is 17.5. The lowest BCUT2D eigenvalue weighted by atomic mass is 10.1. The summed E-state index contributed by atoms with van der Waals surface area (Å²) in [6, 6.07) is 11.5. The summed E-state index contributed by atoms with van der Waals surface area (Å²) in [5.74, 6) is 0.0785. The fraction of sp³-hybridized carbons (Fsp3) is 0.158. The molecule has 0 aliphatic heterocycles. The normalized spacial score (nSPS) is 11.5. The first-order valence-electron chi connectivity index (χ1n) is 8.05. The third-order valence-electron chi connectivity index (χ3n) is 3.98. The summed E-state index contributed by atoms with van der Waals surface area (Å²) in [4.78, 5) is 12.3. The number of nitrogens with zero attached hydrogens (tertiary/aromatic N) is 4. The van der Waals surface area contributed by atoms with Crippen LogP contribution in [0.25, 0.3) is 11.3 Å². The van der Waals surface area contributed by atoms with Gasteiger partial charge < -0.3 is 5.32 Å². The third-order valence-corrected chi connectivity index (χ3v) is 3.98. The van der Waals surface area contributed by atoms with E-state index < -0.39 is 0 Å². The molecule has 132 valence electrons. The number of nitrogens with one attached hydrogen (secondary N) is 1. The van der Waals surface area contributed by atoms with Crippen molar-refractivity contribution in [2.24, 2.45) is 0 Å². The minimum absolute atomic E-state index is 0.268. The summed E-state index contributed by atoms with van der Waals surface area (Å²) in [6.07, 6.45) is 1.48. The Kier molecular flexibility index (Phi) is 4.88. The van der Waals surface area contributed by atoms with Gasteiger partial charge in [0.2, 0.25) is 5.91 Å². The van der Waals surface area contributed by atoms with Crippen LogP contribution >= 0.6 is 0 Å². The van der Waals surface area contributed by atoms with Crippen LogP contribution in [0.2, 0.25) is 0 Å². The second-order valence-electron chi connectivity index (χ2n) is 5.96. The van der Waals surface area contributed by atoms with Gasteiger partial charge in [-0.1, -0.05) is 18.2 Å². The Balaban J connectivity index is 1.80. The maximum absolute atomic E-state index is 13.0. The van der Waals surface area contributed by atoms with Crippen molar-refractivity contribution in [3.63, 3.8) is 0 Å². The molecule has 7 heteroatoms. The van der Waals surface area contributed by atoms with Gasteiger partial charge in [-0.3, -0.25) is 4.79 Å². The highest BCUT2D eigenvalue weighted by atomic mass is 19.1. The van der Waals surface area contributed by atoms with E-state index in [-0.39, 0.29) is 11.7 Å². The number of amides is 1. The summed E-state index contributed by atoms with van der Waals surface area (Å²) in [5.41, 5.74) is 3.94. The van der Waals surface area contributed by atoms with E-state index in [9.17, 15) is 9.18 Å². The van der Waals surface area contributed by atoms with Gasteiger partial charge in [0, 0.05) is 11.8 Å². The number of halogens is 1. The van der Waals surface area contributed by atoms with E-state index in [1.54, 1.807) is 30.7 Å². The molecule has 1 N–H and O–H groups in total. The molecule has 0 saturated carbocycles. The van der Waals surface area contributed by atoms with Gasteiger partial charge >= 0.3 is 0 Å². The number of tetrazole rings is 1. The average Bonchev–Trinajstić information content (AvgIpc) is 3.03. The number of carbonyl (C=O) groups is 1. The van der Waals surface area contributed by atoms with Gasteiger partial charge in [-0.15, -0.1) is 5.10 Å². The predicted molar refractivity (Wildman–Crippen MR) is 97.3 cm³/mol. The monoisotopic (exact) mass is 351 g/mol. The Morgan fingerprint density at radius 3 is 2.54 bits per heavy atom. The fourth-order valence-corrected chi connectivity index (χ4v) is 2.54. The number of carbonyl (C=O) groups excluding carboxylic acids is 1. The quantitative estimate of drug-likeness (QED) is 0.731. The number of hydrogen-bond acceptors (Lipinski definition) is 4. The molecule has 1 aromatic heterocycles. The molecule has 6 nitrogen and oxygen atoms in total. The lowest BCUT2D eigenvalue weighted by Crippen LogP contribution is -2.10. The molecule has 0 spiro atoms. The number of benzene rings is 2. The molecule has 0 bridgehead atoms. The first-order chi connectivity index (χ1) is 12.4. The highest BCUT2D eigenvalue weighted by Gasteiger charge is 2.09. The summed E-state index contributed by atoms with van der Waals surface area (Å²) in [7, 11) is 0. The van der Waals surface area contributed by atoms with Crippen LogP contribution in [0.3, 0.4) is 0 Å². The second kappa shape index (κ2) is 7.26. The number of hydrogen-bond donors (Lipinski definition) is 1. The smallest absolute Gasteiger partial charge is 0.248 e. The second-order valence-corrected chi connectivity index (χ2v) is 5.96. The van der Waals surface area contributed by atoms with Crippen molar-refractivity contribution in [2.45, 2.75) is 20.8 Å². The van der Waals surface area contributed by atoms with Crippen molar-refractivity contribution < 1.29 is 9.18 Å². The first-order valence-corrected chi connectivity index (χ1v) is 8.05. The molecule has 1 heterocycles. The zero-order valence-corrected chi connectivity index (χ0v) is 14.7. The van der Waals surface area contributed by atoms with Crippen LogP contribution in [0.5, 0.6) is 0 Å². The Morgan fingerprint density at radius 2 is 1.88 bits per heavy atom. The molecule has 26 heavy (non-hydrogen) atoms. The predicted octanol–water partition coefficient (Wildman–Crippen LogP) is 3.46. The van der Waals surface area contributed by atoms with E-state index in [2.05, 4.69) is 20.8 Å². The zero-order chi connectivity index (χ0) is 18.7. The van der Waals surface area contributed by atoms with Gasteiger partial charge in [-0.25, -0.2) is 4.39 Å². The number of rotatable bonds is 4. The maximum Gasteiger partial charge on any atom is 0.248 e. The minimum Gasteiger partial charge on any atom is -0.322 e. The van der Waals surface area contributed by atoms with E-state index in [0.717, 1.165) is 22.4 Å². The number of aryl methyl sites for hydroxylation is 2. The van der Waals surface area contributed by atoms with E-state index in [0.29, 0.717) is 11.5 Å². The van der Waals surface area contributed by atoms with Gasteiger partial charge in [-0.05, 0) is 72.2 Å². The highest BCUT2D eigenvalue weighted by molar-refractivity contribution is 6.03. The average molecular weight is 351 g/mol. The minimum atomic E-state index is -0.309. The fourth-order valence-electron chi connectivity index (χ4n) is 2.54. The van der Waals surface area contributed by atoms with Crippen LogP contribution in [0, 0.1) is 19.7 Å². The molecule has 0 unspecified atom stereocenters. The largest absolute Gasteiger partial charge is 0.322 e. The Labute approximate surface area is 150 Å². The van der Waals surface area contributed by atoms with Crippen molar-refractivity contribution in [1.29, 1.82) is 0 Å². The number of allylic oxidation sites excluding steroid dienone is 1. The molecular formula is C19H18FN5O. The summed E-state index contributed by atoms with van der Waals surface area (Å²) < 4.78 is 14.6. The molecule has 0 aliphatic carbocycles. The number of anilines is 1. The third kappa shape index (κ3) is 3.83. The molecule has 0 radical (unpaired) electrons. The summed E-state index contributed by atoms with van der Waals surface area (Å²) in [5, 5.41) is 14.3. The zero-order valence-electron chi connectivity index (χ0n) is 14.7.